The maximum absolute atomic E-state index is 12.5. The highest BCUT2D eigenvalue weighted by Gasteiger charge is 2.31. The third kappa shape index (κ3) is 5.10. The fourth-order valence-electron chi connectivity index (χ4n) is 1.36. The van der Waals surface area contributed by atoms with Crippen LogP contribution in [-0.4, -0.2) is 37.1 Å². The van der Waals surface area contributed by atoms with Crippen LogP contribution in [-0.2, 0) is 6.18 Å². The van der Waals surface area contributed by atoms with E-state index >= 15 is 0 Å². The maximum atomic E-state index is 12.5. The molecule has 0 aliphatic rings. The summed E-state index contributed by atoms with van der Waals surface area (Å²) in [5.41, 5.74) is -0.794. The van der Waals surface area contributed by atoms with E-state index in [0.717, 1.165) is 25.1 Å². The van der Waals surface area contributed by atoms with Gasteiger partial charge in [0.05, 0.1) is 5.56 Å². The van der Waals surface area contributed by atoms with Gasteiger partial charge in [-0.2, -0.15) is 13.2 Å². The van der Waals surface area contributed by atoms with Crippen LogP contribution in [0.4, 0.5) is 19.0 Å². The van der Waals surface area contributed by atoms with Crippen molar-refractivity contribution in [2.24, 2.45) is 0 Å². The van der Waals surface area contributed by atoms with Gasteiger partial charge in [0.1, 0.15) is 11.0 Å². The van der Waals surface area contributed by atoms with Gasteiger partial charge in [-0.1, -0.05) is 11.6 Å². The maximum Gasteiger partial charge on any atom is 0.416 e. The summed E-state index contributed by atoms with van der Waals surface area (Å²) in [6, 6.07) is 1.77. The first-order valence-corrected chi connectivity index (χ1v) is 5.80. The predicted molar refractivity (Wildman–Crippen MR) is 65.9 cm³/mol. The third-order valence-corrected chi connectivity index (χ3v) is 2.40. The minimum absolute atomic E-state index is 0.147. The Morgan fingerprint density at radius 1 is 1.33 bits per heavy atom. The second kappa shape index (κ2) is 6.24. The Hall–Kier alpha value is -1.01. The minimum atomic E-state index is -4.41. The molecule has 0 fully saturated rings. The molecule has 102 valence electrons. The van der Waals surface area contributed by atoms with Gasteiger partial charge >= 0.3 is 6.18 Å². The van der Waals surface area contributed by atoms with E-state index in [0.29, 0.717) is 6.54 Å². The number of alkyl halides is 3. The quantitative estimate of drug-likeness (QED) is 0.664. The van der Waals surface area contributed by atoms with Crippen LogP contribution in [0.1, 0.15) is 12.0 Å². The van der Waals surface area contributed by atoms with Crippen molar-refractivity contribution < 1.29 is 13.2 Å². The molecule has 0 aliphatic carbocycles. The molecule has 1 rings (SSSR count). The number of hydrogen-bond acceptors (Lipinski definition) is 3. The molecule has 0 spiro atoms. The van der Waals surface area contributed by atoms with E-state index in [1.807, 2.05) is 19.0 Å². The Morgan fingerprint density at radius 2 is 2.00 bits per heavy atom. The molecule has 0 aliphatic heterocycles. The van der Waals surface area contributed by atoms with Crippen LogP contribution >= 0.6 is 11.6 Å². The fraction of sp³-hybridized carbons (Fsp3) is 0.545. The highest BCUT2D eigenvalue weighted by atomic mass is 35.5. The highest BCUT2D eigenvalue weighted by molar-refractivity contribution is 6.29. The number of anilines is 1. The lowest BCUT2D eigenvalue weighted by atomic mass is 10.2. The number of nitrogens with zero attached hydrogens (tertiary/aromatic N) is 2. The van der Waals surface area contributed by atoms with E-state index in [1.165, 1.54) is 0 Å². The van der Waals surface area contributed by atoms with Crippen molar-refractivity contribution in [3.05, 3.63) is 22.8 Å². The van der Waals surface area contributed by atoms with Crippen LogP contribution in [0.15, 0.2) is 12.1 Å². The molecule has 1 aromatic heterocycles. The molecule has 3 nitrogen and oxygen atoms in total. The number of aromatic nitrogens is 1. The molecule has 0 radical (unpaired) electrons. The molecule has 1 aromatic rings. The first kappa shape index (κ1) is 15.0. The summed E-state index contributed by atoms with van der Waals surface area (Å²) in [5, 5.41) is 2.66. The lowest BCUT2D eigenvalue weighted by Crippen LogP contribution is -2.17. The average molecular weight is 282 g/mol. The zero-order valence-electron chi connectivity index (χ0n) is 10.2. The molecule has 0 amide bonds. The van der Waals surface area contributed by atoms with Gasteiger partial charge in [-0.3, -0.25) is 0 Å². The zero-order valence-corrected chi connectivity index (χ0v) is 10.9. The van der Waals surface area contributed by atoms with Gasteiger partial charge in [0.2, 0.25) is 0 Å². The Kier molecular flexibility index (Phi) is 5.22. The van der Waals surface area contributed by atoms with Crippen molar-refractivity contribution in [2.75, 3.05) is 32.5 Å². The van der Waals surface area contributed by atoms with Crippen LogP contribution in [0, 0.1) is 0 Å². The van der Waals surface area contributed by atoms with Gasteiger partial charge in [-0.25, -0.2) is 4.98 Å². The summed E-state index contributed by atoms with van der Waals surface area (Å²) in [6.07, 6.45) is -3.60. The van der Waals surface area contributed by atoms with Crippen molar-refractivity contribution in [3.8, 4) is 0 Å². The Balaban J connectivity index is 2.63. The van der Waals surface area contributed by atoms with E-state index in [1.54, 1.807) is 0 Å². The average Bonchev–Trinajstić information content (AvgIpc) is 2.22. The van der Waals surface area contributed by atoms with Gasteiger partial charge in [0.25, 0.3) is 0 Å². The Morgan fingerprint density at radius 3 is 2.56 bits per heavy atom. The van der Waals surface area contributed by atoms with E-state index in [4.69, 9.17) is 11.6 Å². The highest BCUT2D eigenvalue weighted by Crippen LogP contribution is 2.31. The van der Waals surface area contributed by atoms with Crippen molar-refractivity contribution in [1.82, 2.24) is 9.88 Å². The van der Waals surface area contributed by atoms with Gasteiger partial charge in [0.15, 0.2) is 0 Å². The zero-order chi connectivity index (χ0) is 13.8. The molecular weight excluding hydrogens is 267 g/mol. The second-order valence-electron chi connectivity index (χ2n) is 4.15. The molecule has 0 unspecified atom stereocenters. The smallest absolute Gasteiger partial charge is 0.370 e. The molecule has 0 atom stereocenters. The standard InChI is InChI=1S/C11H15ClF3N3/c1-18(2)5-3-4-16-10-7-8(11(13,14)15)6-9(12)17-10/h6-7H,3-5H2,1-2H3,(H,16,17). The molecule has 7 heteroatoms. The lowest BCUT2D eigenvalue weighted by Gasteiger charge is -2.12. The second-order valence-corrected chi connectivity index (χ2v) is 4.53. The van der Waals surface area contributed by atoms with Crippen LogP contribution in [0.25, 0.3) is 0 Å². The number of rotatable bonds is 5. The normalized spacial score (nSPS) is 11.9. The van der Waals surface area contributed by atoms with Gasteiger partial charge in [0, 0.05) is 6.54 Å². The van der Waals surface area contributed by atoms with Gasteiger partial charge in [-0.05, 0) is 39.2 Å². The topological polar surface area (TPSA) is 28.2 Å². The van der Waals surface area contributed by atoms with E-state index in [-0.39, 0.29) is 11.0 Å². The number of pyridine rings is 1. The number of halogens is 4. The minimum Gasteiger partial charge on any atom is -0.370 e. The number of nitrogens with one attached hydrogen (secondary N) is 1. The van der Waals surface area contributed by atoms with Crippen LogP contribution in [0.3, 0.4) is 0 Å². The molecule has 0 bridgehead atoms. The molecular formula is C11H15ClF3N3. The molecule has 0 saturated heterocycles. The predicted octanol–water partition coefficient (Wildman–Crippen LogP) is 3.12. The van der Waals surface area contributed by atoms with Crippen molar-refractivity contribution in [2.45, 2.75) is 12.6 Å². The molecule has 18 heavy (non-hydrogen) atoms. The molecule has 1 heterocycles. The third-order valence-electron chi connectivity index (χ3n) is 2.21. The summed E-state index contributed by atoms with van der Waals surface area (Å²) < 4.78 is 37.6. The van der Waals surface area contributed by atoms with E-state index in [2.05, 4.69) is 10.3 Å². The Bertz CT molecular complexity index is 394. The van der Waals surface area contributed by atoms with E-state index < -0.39 is 11.7 Å². The first-order chi connectivity index (χ1) is 8.29. The first-order valence-electron chi connectivity index (χ1n) is 5.42. The van der Waals surface area contributed by atoms with Crippen molar-refractivity contribution in [3.63, 3.8) is 0 Å². The van der Waals surface area contributed by atoms with E-state index in [9.17, 15) is 13.2 Å². The fourth-order valence-corrected chi connectivity index (χ4v) is 1.57. The summed E-state index contributed by atoms with van der Waals surface area (Å²) in [7, 11) is 3.86. The molecule has 1 N–H and O–H groups in total. The number of hydrogen-bond donors (Lipinski definition) is 1. The monoisotopic (exact) mass is 281 g/mol. The van der Waals surface area contributed by atoms with Gasteiger partial charge < -0.3 is 10.2 Å². The summed E-state index contributed by atoms with van der Waals surface area (Å²) in [5.74, 6) is 0.147. The SMILES string of the molecule is CN(C)CCCNc1cc(C(F)(F)F)cc(Cl)n1. The molecule has 0 saturated carbocycles. The summed E-state index contributed by atoms with van der Waals surface area (Å²) in [4.78, 5) is 5.80. The van der Waals surface area contributed by atoms with Crippen LogP contribution in [0.5, 0.6) is 0 Å². The van der Waals surface area contributed by atoms with Crippen LogP contribution < -0.4 is 5.32 Å². The summed E-state index contributed by atoms with van der Waals surface area (Å²) >= 11 is 5.56. The van der Waals surface area contributed by atoms with Crippen molar-refractivity contribution >= 4 is 17.4 Å². The largest absolute Gasteiger partial charge is 0.416 e. The van der Waals surface area contributed by atoms with Crippen LogP contribution in [0.2, 0.25) is 5.15 Å². The molecule has 0 aromatic carbocycles. The van der Waals surface area contributed by atoms with Gasteiger partial charge in [-0.15, -0.1) is 0 Å². The lowest BCUT2D eigenvalue weighted by molar-refractivity contribution is -0.137. The summed E-state index contributed by atoms with van der Waals surface area (Å²) in [6.45, 7) is 1.39. The van der Waals surface area contributed by atoms with Crippen molar-refractivity contribution in [1.29, 1.82) is 0 Å². The Labute approximate surface area is 109 Å².